The lowest BCUT2D eigenvalue weighted by atomic mass is 10.1. The second-order valence-corrected chi connectivity index (χ2v) is 9.75. The number of hydrogen-bond acceptors (Lipinski definition) is 4. The van der Waals surface area contributed by atoms with E-state index in [4.69, 9.17) is 23.2 Å². The Kier molecular flexibility index (Phi) is 8.89. The number of nitrogens with zero attached hydrogens (tertiary/aromatic N) is 2. The number of carbonyl (C=O) groups is 2. The lowest BCUT2D eigenvalue weighted by Gasteiger charge is -2.31. The number of likely N-dealkylation sites (N-methyl/N-ethyl adjacent to an activating group) is 1. The zero-order valence-corrected chi connectivity index (χ0v) is 20.1. The van der Waals surface area contributed by atoms with Crippen LogP contribution in [0.2, 0.25) is 10.0 Å². The Morgan fingerprint density at radius 3 is 2.31 bits per heavy atom. The molecule has 174 valence electrons. The largest absolute Gasteiger partial charge is 0.355 e. The number of anilines is 1. The summed E-state index contributed by atoms with van der Waals surface area (Å²) in [5.41, 5.74) is 0.616. The van der Waals surface area contributed by atoms with E-state index in [1.165, 1.54) is 54.3 Å². The molecule has 0 bridgehead atoms. The van der Waals surface area contributed by atoms with Crippen LogP contribution in [-0.4, -0.2) is 50.5 Å². The molecule has 0 aromatic heterocycles. The average molecular weight is 504 g/mol. The third kappa shape index (κ3) is 6.57. The fourth-order valence-corrected chi connectivity index (χ4v) is 4.27. The molecule has 0 heterocycles. The molecule has 32 heavy (non-hydrogen) atoms. The number of halogens is 3. The van der Waals surface area contributed by atoms with Gasteiger partial charge in [-0.2, -0.15) is 0 Å². The van der Waals surface area contributed by atoms with Crippen LogP contribution in [0, 0.1) is 5.82 Å². The van der Waals surface area contributed by atoms with Crippen LogP contribution >= 0.6 is 23.2 Å². The first-order chi connectivity index (χ1) is 15.0. The number of amides is 2. The predicted molar refractivity (Wildman–Crippen MR) is 124 cm³/mol. The zero-order chi connectivity index (χ0) is 24.1. The van der Waals surface area contributed by atoms with Gasteiger partial charge in [-0.15, -0.1) is 0 Å². The summed E-state index contributed by atoms with van der Waals surface area (Å²) in [7, 11) is -3.93. The van der Waals surface area contributed by atoms with E-state index in [2.05, 4.69) is 5.32 Å². The summed E-state index contributed by atoms with van der Waals surface area (Å²) < 4.78 is 39.1. The van der Waals surface area contributed by atoms with Gasteiger partial charge in [-0.05, 0) is 43.7 Å². The van der Waals surface area contributed by atoms with Gasteiger partial charge in [0.25, 0.3) is 0 Å². The molecule has 0 aliphatic carbocycles. The van der Waals surface area contributed by atoms with Gasteiger partial charge in [-0.3, -0.25) is 13.9 Å². The Bertz CT molecular complexity index is 1080. The number of rotatable bonds is 9. The van der Waals surface area contributed by atoms with Crippen LogP contribution in [0.15, 0.2) is 42.5 Å². The third-order valence-electron chi connectivity index (χ3n) is 4.66. The van der Waals surface area contributed by atoms with Crippen molar-refractivity contribution in [3.63, 3.8) is 0 Å². The van der Waals surface area contributed by atoms with E-state index in [1.807, 2.05) is 0 Å². The molecule has 0 radical (unpaired) electrons. The van der Waals surface area contributed by atoms with Gasteiger partial charge in [0, 0.05) is 13.1 Å². The monoisotopic (exact) mass is 503 g/mol. The highest BCUT2D eigenvalue weighted by Crippen LogP contribution is 2.33. The van der Waals surface area contributed by atoms with E-state index in [0.29, 0.717) is 12.1 Å². The summed E-state index contributed by atoms with van der Waals surface area (Å²) in [5.74, 6) is -1.49. The first kappa shape index (κ1) is 25.9. The van der Waals surface area contributed by atoms with Gasteiger partial charge >= 0.3 is 0 Å². The zero-order valence-electron chi connectivity index (χ0n) is 17.8. The van der Waals surface area contributed by atoms with Crippen molar-refractivity contribution in [2.45, 2.75) is 26.4 Å². The van der Waals surface area contributed by atoms with Crippen LogP contribution < -0.4 is 9.62 Å². The molecule has 2 amide bonds. The minimum Gasteiger partial charge on any atom is -0.355 e. The second kappa shape index (κ2) is 11.0. The van der Waals surface area contributed by atoms with Crippen molar-refractivity contribution in [3.8, 4) is 0 Å². The molecule has 2 aromatic rings. The number of carbonyl (C=O) groups excluding carboxylic acids is 2. The molecule has 2 rings (SSSR count). The van der Waals surface area contributed by atoms with E-state index in [9.17, 15) is 22.4 Å². The lowest BCUT2D eigenvalue weighted by Crippen LogP contribution is -2.51. The fraction of sp³-hybridized carbons (Fsp3) is 0.333. The molecular formula is C21H24Cl2FN3O4S. The Balaban J connectivity index is 2.42. The van der Waals surface area contributed by atoms with Crippen LogP contribution in [0.25, 0.3) is 0 Å². The second-order valence-electron chi connectivity index (χ2n) is 7.06. The van der Waals surface area contributed by atoms with Gasteiger partial charge in [0.2, 0.25) is 21.8 Å². The van der Waals surface area contributed by atoms with Gasteiger partial charge in [0.05, 0.1) is 22.0 Å². The van der Waals surface area contributed by atoms with Crippen molar-refractivity contribution in [1.82, 2.24) is 10.2 Å². The molecule has 2 aromatic carbocycles. The van der Waals surface area contributed by atoms with Crippen molar-refractivity contribution >= 4 is 50.7 Å². The van der Waals surface area contributed by atoms with Crippen molar-refractivity contribution in [3.05, 3.63) is 63.9 Å². The predicted octanol–water partition coefficient (Wildman–Crippen LogP) is 3.45. The van der Waals surface area contributed by atoms with E-state index < -0.39 is 40.2 Å². The Hall–Kier alpha value is -2.36. The van der Waals surface area contributed by atoms with Crippen LogP contribution in [0.5, 0.6) is 0 Å². The SMILES string of the molecule is CCNC(=O)[C@@H](C)N(Cc1ccc(F)cc1)C(=O)CN(c1cccc(Cl)c1Cl)S(C)(=O)=O. The van der Waals surface area contributed by atoms with Crippen LogP contribution in [0.3, 0.4) is 0 Å². The first-order valence-corrected chi connectivity index (χ1v) is 12.3. The molecule has 0 aliphatic rings. The minimum absolute atomic E-state index is 0.0192. The summed E-state index contributed by atoms with van der Waals surface area (Å²) >= 11 is 12.2. The van der Waals surface area contributed by atoms with Crippen molar-refractivity contribution in [1.29, 1.82) is 0 Å². The minimum atomic E-state index is -3.93. The van der Waals surface area contributed by atoms with Crippen LogP contribution in [0.4, 0.5) is 10.1 Å². The molecule has 0 saturated heterocycles. The normalized spacial score (nSPS) is 12.2. The van der Waals surface area contributed by atoms with Gasteiger partial charge in [0.1, 0.15) is 18.4 Å². The van der Waals surface area contributed by atoms with E-state index >= 15 is 0 Å². The van der Waals surface area contributed by atoms with Crippen LogP contribution in [-0.2, 0) is 26.2 Å². The Morgan fingerprint density at radius 2 is 1.75 bits per heavy atom. The Labute approximate surface area is 197 Å². The van der Waals surface area contributed by atoms with Gasteiger partial charge in [0.15, 0.2) is 0 Å². The molecule has 0 unspecified atom stereocenters. The topological polar surface area (TPSA) is 86.8 Å². The van der Waals surface area contributed by atoms with Crippen LogP contribution in [0.1, 0.15) is 19.4 Å². The molecule has 0 aliphatic heterocycles. The molecule has 7 nitrogen and oxygen atoms in total. The van der Waals surface area contributed by atoms with Crippen molar-refractivity contribution < 1.29 is 22.4 Å². The summed E-state index contributed by atoms with van der Waals surface area (Å²) in [6.07, 6.45) is 0.940. The van der Waals surface area contributed by atoms with Gasteiger partial charge < -0.3 is 10.2 Å². The standard InChI is InChI=1S/C21H24Cl2FN3O4S/c1-4-25-21(29)14(2)26(12-15-8-10-16(24)11-9-15)19(28)13-27(32(3,30)31)18-7-5-6-17(22)20(18)23/h5-11,14H,4,12-13H2,1-3H3,(H,25,29)/t14-/m1/s1. The van der Waals surface area contributed by atoms with E-state index in [0.717, 1.165) is 10.6 Å². The number of hydrogen-bond donors (Lipinski definition) is 1. The molecule has 0 fully saturated rings. The van der Waals surface area contributed by atoms with E-state index in [1.54, 1.807) is 6.92 Å². The molecule has 0 spiro atoms. The summed E-state index contributed by atoms with van der Waals surface area (Å²) in [6.45, 7) is 2.99. The van der Waals surface area contributed by atoms with E-state index in [-0.39, 0.29) is 22.3 Å². The van der Waals surface area contributed by atoms with Crippen molar-refractivity contribution in [2.24, 2.45) is 0 Å². The van der Waals surface area contributed by atoms with Crippen molar-refractivity contribution in [2.75, 3.05) is 23.7 Å². The highest BCUT2D eigenvalue weighted by atomic mass is 35.5. The molecule has 0 saturated carbocycles. The smallest absolute Gasteiger partial charge is 0.244 e. The summed E-state index contributed by atoms with van der Waals surface area (Å²) in [5, 5.41) is 2.75. The molecule has 1 atom stereocenters. The summed E-state index contributed by atoms with van der Waals surface area (Å²) in [6, 6.07) is 8.98. The lowest BCUT2D eigenvalue weighted by molar-refractivity contribution is -0.139. The van der Waals surface area contributed by atoms with Gasteiger partial charge in [-0.1, -0.05) is 41.4 Å². The number of benzene rings is 2. The average Bonchev–Trinajstić information content (AvgIpc) is 2.72. The number of nitrogens with one attached hydrogen (secondary N) is 1. The fourth-order valence-electron chi connectivity index (χ4n) is 2.97. The summed E-state index contributed by atoms with van der Waals surface area (Å²) in [4.78, 5) is 27.0. The highest BCUT2D eigenvalue weighted by molar-refractivity contribution is 7.92. The quantitative estimate of drug-likeness (QED) is 0.567. The number of sulfonamides is 1. The Morgan fingerprint density at radius 1 is 1.12 bits per heavy atom. The van der Waals surface area contributed by atoms with Gasteiger partial charge in [-0.25, -0.2) is 12.8 Å². The highest BCUT2D eigenvalue weighted by Gasteiger charge is 2.30. The maximum atomic E-state index is 13.3. The third-order valence-corrected chi connectivity index (χ3v) is 6.60. The first-order valence-electron chi connectivity index (χ1n) is 9.69. The maximum Gasteiger partial charge on any atom is 0.244 e. The molecule has 1 N–H and O–H groups in total. The molecular weight excluding hydrogens is 480 g/mol. The molecule has 11 heteroatoms. The maximum absolute atomic E-state index is 13.3.